The third-order valence-corrected chi connectivity index (χ3v) is 5.74. The molecule has 2 atom stereocenters. The van der Waals surface area contributed by atoms with Gasteiger partial charge in [-0.25, -0.2) is 15.0 Å². The van der Waals surface area contributed by atoms with Gasteiger partial charge in [0.05, 0.1) is 18.4 Å². The summed E-state index contributed by atoms with van der Waals surface area (Å²) >= 11 is 1.50. The molecule has 0 bridgehead atoms. The van der Waals surface area contributed by atoms with E-state index >= 15 is 0 Å². The van der Waals surface area contributed by atoms with Crippen molar-refractivity contribution in [1.82, 2.24) is 30.1 Å². The lowest BCUT2D eigenvalue weighted by molar-refractivity contribution is 0.0760. The largest absolute Gasteiger partial charge is 0.472 e. The zero-order valence-corrected chi connectivity index (χ0v) is 17.3. The molecule has 4 aromatic rings. The summed E-state index contributed by atoms with van der Waals surface area (Å²) in [6, 6.07) is 7.61. The lowest BCUT2D eigenvalue weighted by Gasteiger charge is -2.11. The molecule has 10 heteroatoms. The Morgan fingerprint density at radius 2 is 2.03 bits per heavy atom. The first-order chi connectivity index (χ1) is 15.3. The Hall–Kier alpha value is -3.21. The van der Waals surface area contributed by atoms with E-state index in [1.54, 1.807) is 18.6 Å². The van der Waals surface area contributed by atoms with Crippen molar-refractivity contribution >= 4 is 11.3 Å². The van der Waals surface area contributed by atoms with Crippen LogP contribution >= 0.6 is 11.3 Å². The summed E-state index contributed by atoms with van der Waals surface area (Å²) in [4.78, 5) is 17.7. The number of pyridine rings is 2. The molecule has 0 spiro atoms. The standard InChI is InChI=1S/C21H20N6O3S/c28-7-5-15-9-16(12-29-15)30-18-4-2-13(10-24-18)17-3-1-14(11-23-17)19-25-20(27-26-19)21-22-6-8-31-21/h1-4,6,8,10-11,15-16,28H,5,7,9,12H2,(H,25,26,27). The van der Waals surface area contributed by atoms with Gasteiger partial charge in [-0.05, 0) is 24.6 Å². The Balaban J connectivity index is 1.24. The minimum Gasteiger partial charge on any atom is -0.472 e. The molecule has 0 saturated carbocycles. The molecule has 0 amide bonds. The molecular formula is C21H20N6O3S. The number of hydrogen-bond donors (Lipinski definition) is 2. The van der Waals surface area contributed by atoms with Gasteiger partial charge in [-0.1, -0.05) is 0 Å². The van der Waals surface area contributed by atoms with Crippen LogP contribution in [0.2, 0.25) is 0 Å². The Kier molecular flexibility index (Phi) is 5.65. The first-order valence-corrected chi connectivity index (χ1v) is 10.8. The highest BCUT2D eigenvalue weighted by atomic mass is 32.1. The number of rotatable bonds is 7. The topological polar surface area (TPSA) is 119 Å². The normalized spacial score (nSPS) is 18.4. The highest BCUT2D eigenvalue weighted by molar-refractivity contribution is 7.13. The summed E-state index contributed by atoms with van der Waals surface area (Å²) in [7, 11) is 0. The Morgan fingerprint density at radius 1 is 1.13 bits per heavy atom. The average Bonchev–Trinajstić information content (AvgIpc) is 3.57. The molecule has 1 fully saturated rings. The monoisotopic (exact) mass is 436 g/mol. The summed E-state index contributed by atoms with van der Waals surface area (Å²) in [5, 5.41) is 18.9. The predicted molar refractivity (Wildman–Crippen MR) is 114 cm³/mol. The molecule has 9 nitrogen and oxygen atoms in total. The number of aromatic amines is 1. The van der Waals surface area contributed by atoms with E-state index in [9.17, 15) is 0 Å². The molecule has 2 unspecified atom stereocenters. The SMILES string of the molecule is OCCC1CC(Oc2ccc(-c3ccc(-c4n[nH]c(-c5nccs5)n4)cn3)cn2)CO1. The number of aliphatic hydroxyl groups excluding tert-OH is 1. The van der Waals surface area contributed by atoms with Crippen molar-refractivity contribution in [2.24, 2.45) is 0 Å². The molecule has 158 valence electrons. The summed E-state index contributed by atoms with van der Waals surface area (Å²) in [6.45, 7) is 0.641. The number of ether oxygens (including phenoxy) is 2. The van der Waals surface area contributed by atoms with Gasteiger partial charge in [0.15, 0.2) is 16.7 Å². The highest BCUT2D eigenvalue weighted by Gasteiger charge is 2.26. The maximum atomic E-state index is 9.01. The second-order valence-corrected chi connectivity index (χ2v) is 8.00. The summed E-state index contributed by atoms with van der Waals surface area (Å²) in [5.41, 5.74) is 2.50. The molecule has 0 aliphatic carbocycles. The number of aromatic nitrogens is 6. The molecule has 1 aliphatic heterocycles. The van der Waals surface area contributed by atoms with Gasteiger partial charge in [-0.3, -0.25) is 10.1 Å². The second-order valence-electron chi connectivity index (χ2n) is 7.11. The van der Waals surface area contributed by atoms with E-state index in [2.05, 4.69) is 30.1 Å². The van der Waals surface area contributed by atoms with Crippen LogP contribution in [-0.2, 0) is 4.74 Å². The quantitative estimate of drug-likeness (QED) is 0.454. The van der Waals surface area contributed by atoms with Gasteiger partial charge in [0.2, 0.25) is 5.88 Å². The summed E-state index contributed by atoms with van der Waals surface area (Å²) < 4.78 is 11.5. The summed E-state index contributed by atoms with van der Waals surface area (Å²) in [6.07, 6.45) is 6.63. The lowest BCUT2D eigenvalue weighted by Crippen LogP contribution is -2.17. The third kappa shape index (κ3) is 4.46. The number of nitrogens with one attached hydrogen (secondary N) is 1. The van der Waals surface area contributed by atoms with Crippen LogP contribution in [0, 0.1) is 0 Å². The number of aliphatic hydroxyl groups is 1. The van der Waals surface area contributed by atoms with Crippen LogP contribution in [0.1, 0.15) is 12.8 Å². The third-order valence-electron chi connectivity index (χ3n) is 4.96. The van der Waals surface area contributed by atoms with Gasteiger partial charge < -0.3 is 14.6 Å². The van der Waals surface area contributed by atoms with Gasteiger partial charge in [0.1, 0.15) is 6.10 Å². The van der Waals surface area contributed by atoms with Crippen LogP contribution in [0.4, 0.5) is 0 Å². The number of thiazole rings is 1. The fourth-order valence-electron chi connectivity index (χ4n) is 3.40. The zero-order chi connectivity index (χ0) is 21.0. The first kappa shape index (κ1) is 19.7. The van der Waals surface area contributed by atoms with Crippen LogP contribution in [0.25, 0.3) is 33.5 Å². The highest BCUT2D eigenvalue weighted by Crippen LogP contribution is 2.25. The predicted octanol–water partition coefficient (Wildman–Crippen LogP) is 2.97. The van der Waals surface area contributed by atoms with Crippen molar-refractivity contribution in [1.29, 1.82) is 0 Å². The minimum atomic E-state index is -0.0390. The van der Waals surface area contributed by atoms with Crippen molar-refractivity contribution in [3.05, 3.63) is 48.2 Å². The molecule has 5 heterocycles. The van der Waals surface area contributed by atoms with E-state index in [0.29, 0.717) is 30.6 Å². The van der Waals surface area contributed by atoms with Crippen molar-refractivity contribution in [2.45, 2.75) is 25.0 Å². The van der Waals surface area contributed by atoms with Crippen molar-refractivity contribution < 1.29 is 14.6 Å². The van der Waals surface area contributed by atoms with Gasteiger partial charge in [0.25, 0.3) is 0 Å². The average molecular weight is 436 g/mol. The Bertz CT molecular complexity index is 1110. The molecule has 5 rings (SSSR count). The summed E-state index contributed by atoms with van der Waals surface area (Å²) in [5.74, 6) is 1.77. The molecule has 2 N–H and O–H groups in total. The molecule has 1 aliphatic rings. The maximum absolute atomic E-state index is 9.01. The van der Waals surface area contributed by atoms with E-state index in [1.807, 2.05) is 29.6 Å². The van der Waals surface area contributed by atoms with Crippen molar-refractivity contribution in [3.8, 4) is 39.4 Å². The van der Waals surface area contributed by atoms with Crippen LogP contribution in [0.15, 0.2) is 48.2 Å². The van der Waals surface area contributed by atoms with Gasteiger partial charge >= 0.3 is 0 Å². The molecular weight excluding hydrogens is 416 g/mol. The maximum Gasteiger partial charge on any atom is 0.213 e. The van der Waals surface area contributed by atoms with Gasteiger partial charge in [-0.15, -0.1) is 11.3 Å². The van der Waals surface area contributed by atoms with Crippen LogP contribution in [0.3, 0.4) is 0 Å². The second kappa shape index (κ2) is 8.88. The molecule has 0 radical (unpaired) electrons. The van der Waals surface area contributed by atoms with E-state index in [-0.39, 0.29) is 18.8 Å². The fourth-order valence-corrected chi connectivity index (χ4v) is 3.97. The molecule has 4 aromatic heterocycles. The van der Waals surface area contributed by atoms with Gasteiger partial charge in [0, 0.05) is 54.2 Å². The number of H-pyrrole nitrogens is 1. The van der Waals surface area contributed by atoms with Gasteiger partial charge in [-0.2, -0.15) is 5.10 Å². The smallest absolute Gasteiger partial charge is 0.213 e. The zero-order valence-electron chi connectivity index (χ0n) is 16.5. The fraction of sp³-hybridized carbons (Fsp3) is 0.286. The number of hydrogen-bond acceptors (Lipinski definition) is 9. The number of nitrogens with zero attached hydrogens (tertiary/aromatic N) is 5. The first-order valence-electron chi connectivity index (χ1n) is 9.93. The van der Waals surface area contributed by atoms with Crippen molar-refractivity contribution in [2.75, 3.05) is 13.2 Å². The van der Waals surface area contributed by atoms with E-state index in [0.717, 1.165) is 28.2 Å². The lowest BCUT2D eigenvalue weighted by atomic mass is 10.1. The molecule has 31 heavy (non-hydrogen) atoms. The van der Waals surface area contributed by atoms with Crippen molar-refractivity contribution in [3.63, 3.8) is 0 Å². The van der Waals surface area contributed by atoms with Crippen LogP contribution in [-0.4, -0.2) is 60.7 Å². The Labute approximate surface area is 182 Å². The molecule has 0 aromatic carbocycles. The van der Waals surface area contributed by atoms with Crippen LogP contribution < -0.4 is 4.74 Å². The minimum absolute atomic E-state index is 0.0390. The van der Waals surface area contributed by atoms with E-state index in [1.165, 1.54) is 11.3 Å². The van der Waals surface area contributed by atoms with E-state index in [4.69, 9.17) is 14.6 Å². The molecule has 1 saturated heterocycles. The van der Waals surface area contributed by atoms with E-state index < -0.39 is 0 Å². The Morgan fingerprint density at radius 3 is 2.77 bits per heavy atom. The van der Waals surface area contributed by atoms with Crippen LogP contribution in [0.5, 0.6) is 5.88 Å².